The molecule has 1 unspecified atom stereocenters. The van der Waals surface area contributed by atoms with E-state index >= 15 is 0 Å². The molecule has 1 saturated heterocycles. The summed E-state index contributed by atoms with van der Waals surface area (Å²) in [5, 5.41) is 5.68. The van der Waals surface area contributed by atoms with E-state index in [4.69, 9.17) is 9.15 Å². The molecule has 1 fully saturated rings. The molecule has 0 saturated carbocycles. The van der Waals surface area contributed by atoms with Crippen LogP contribution in [-0.2, 0) is 11.2 Å². The molecule has 0 spiro atoms. The second-order valence-electron chi connectivity index (χ2n) is 8.54. The van der Waals surface area contributed by atoms with Gasteiger partial charge in [-0.25, -0.2) is 4.68 Å². The molecule has 1 atom stereocenters. The van der Waals surface area contributed by atoms with Gasteiger partial charge in [0.25, 0.3) is 5.91 Å². The molecule has 4 aromatic rings. The lowest BCUT2D eigenvalue weighted by Crippen LogP contribution is -2.36. The van der Waals surface area contributed by atoms with Crippen LogP contribution in [0.2, 0.25) is 0 Å². The molecule has 3 heterocycles. The largest absolute Gasteiger partial charge is 0.464 e. The Balaban J connectivity index is 1.36. The number of rotatable bonds is 4. The van der Waals surface area contributed by atoms with Gasteiger partial charge in [0.1, 0.15) is 5.58 Å². The molecule has 6 heteroatoms. The number of carbonyl (C=O) groups is 1. The van der Waals surface area contributed by atoms with Crippen LogP contribution in [0.25, 0.3) is 16.7 Å². The first kappa shape index (κ1) is 20.5. The third-order valence-corrected chi connectivity index (χ3v) is 6.07. The van der Waals surface area contributed by atoms with Gasteiger partial charge < -0.3 is 14.1 Å². The average Bonchev–Trinajstić information content (AvgIpc) is 3.34. The Bertz CT molecular complexity index is 1260. The fraction of sp³-hybridized carbons (Fsp3) is 0.308. The molecule has 6 nitrogen and oxygen atoms in total. The van der Waals surface area contributed by atoms with Crippen molar-refractivity contribution in [1.82, 2.24) is 14.7 Å². The zero-order chi connectivity index (χ0) is 22.1. The lowest BCUT2D eigenvalue weighted by Gasteiger charge is -2.24. The van der Waals surface area contributed by atoms with Crippen molar-refractivity contribution in [3.8, 4) is 5.69 Å². The van der Waals surface area contributed by atoms with Crippen molar-refractivity contribution in [2.45, 2.75) is 20.3 Å². The van der Waals surface area contributed by atoms with Gasteiger partial charge >= 0.3 is 0 Å². The molecule has 0 bridgehead atoms. The molecular weight excluding hydrogens is 402 g/mol. The first-order chi connectivity index (χ1) is 15.6. The van der Waals surface area contributed by atoms with Crippen LogP contribution < -0.4 is 0 Å². The maximum atomic E-state index is 13.4. The lowest BCUT2D eigenvalue weighted by molar-refractivity contribution is 0.0737. The number of aromatic nitrogens is 2. The van der Waals surface area contributed by atoms with E-state index in [1.807, 2.05) is 72.0 Å². The van der Waals surface area contributed by atoms with Gasteiger partial charge in [-0.15, -0.1) is 0 Å². The number of fused-ring (bicyclic) bond motifs is 1. The number of ether oxygens (including phenoxy) is 1. The topological polar surface area (TPSA) is 60.5 Å². The standard InChI is InChI=1S/C26H27N3O3/c1-18-13-19(2)29(27-18)23-7-3-6-22(15-23)26(30)28-10-12-31-17-20(16-28)14-21-5-4-8-25-24(21)9-11-32-25/h3-9,11,13,15,20H,10,12,14,16-17H2,1-2H3. The van der Waals surface area contributed by atoms with Crippen LogP contribution in [0.3, 0.4) is 0 Å². The lowest BCUT2D eigenvalue weighted by atomic mass is 9.97. The van der Waals surface area contributed by atoms with E-state index in [0.29, 0.717) is 31.9 Å². The highest BCUT2D eigenvalue weighted by molar-refractivity contribution is 5.94. The maximum Gasteiger partial charge on any atom is 0.254 e. The normalized spacial score (nSPS) is 16.9. The molecule has 2 aromatic heterocycles. The minimum absolute atomic E-state index is 0.0328. The first-order valence-corrected chi connectivity index (χ1v) is 11.0. The summed E-state index contributed by atoms with van der Waals surface area (Å²) in [5.41, 5.74) is 5.70. The summed E-state index contributed by atoms with van der Waals surface area (Å²) in [6.45, 7) is 6.44. The predicted molar refractivity (Wildman–Crippen MR) is 123 cm³/mol. The third-order valence-electron chi connectivity index (χ3n) is 6.07. The number of benzene rings is 2. The molecule has 0 N–H and O–H groups in total. The molecule has 0 radical (unpaired) electrons. The van der Waals surface area contributed by atoms with Crippen LogP contribution in [0.4, 0.5) is 0 Å². The number of aryl methyl sites for hydroxylation is 2. The summed E-state index contributed by atoms with van der Waals surface area (Å²) in [4.78, 5) is 15.3. The zero-order valence-electron chi connectivity index (χ0n) is 18.5. The highest BCUT2D eigenvalue weighted by Gasteiger charge is 2.24. The van der Waals surface area contributed by atoms with E-state index in [1.54, 1.807) is 6.26 Å². The number of nitrogens with zero attached hydrogens (tertiary/aromatic N) is 3. The van der Waals surface area contributed by atoms with Crippen molar-refractivity contribution in [3.63, 3.8) is 0 Å². The zero-order valence-corrected chi connectivity index (χ0v) is 18.5. The molecular formula is C26H27N3O3. The van der Waals surface area contributed by atoms with Crippen LogP contribution in [0, 0.1) is 19.8 Å². The summed E-state index contributed by atoms with van der Waals surface area (Å²) in [6, 6.07) is 17.9. The maximum absolute atomic E-state index is 13.4. The quantitative estimate of drug-likeness (QED) is 0.477. The van der Waals surface area contributed by atoms with Gasteiger partial charge in [-0.1, -0.05) is 18.2 Å². The van der Waals surface area contributed by atoms with Crippen molar-refractivity contribution in [2.75, 3.05) is 26.3 Å². The Morgan fingerprint density at radius 1 is 1.12 bits per heavy atom. The fourth-order valence-corrected chi connectivity index (χ4v) is 4.58. The first-order valence-electron chi connectivity index (χ1n) is 11.0. The molecule has 2 aromatic carbocycles. The average molecular weight is 430 g/mol. The molecule has 1 aliphatic rings. The second kappa shape index (κ2) is 8.63. The van der Waals surface area contributed by atoms with Crippen molar-refractivity contribution in [3.05, 3.63) is 83.4 Å². The minimum Gasteiger partial charge on any atom is -0.464 e. The van der Waals surface area contributed by atoms with Gasteiger partial charge in [-0.2, -0.15) is 5.10 Å². The summed E-state index contributed by atoms with van der Waals surface area (Å²) in [6.07, 6.45) is 2.57. The molecule has 164 valence electrons. The van der Waals surface area contributed by atoms with Crippen molar-refractivity contribution < 1.29 is 13.9 Å². The van der Waals surface area contributed by atoms with Crippen LogP contribution in [0.15, 0.2) is 65.3 Å². The molecule has 0 aliphatic carbocycles. The van der Waals surface area contributed by atoms with E-state index in [9.17, 15) is 4.79 Å². The molecule has 1 aliphatic heterocycles. The van der Waals surface area contributed by atoms with E-state index in [0.717, 1.165) is 34.5 Å². The predicted octanol–water partition coefficient (Wildman–Crippen LogP) is 4.57. The number of hydrogen-bond donors (Lipinski definition) is 0. The van der Waals surface area contributed by atoms with Gasteiger partial charge in [0, 0.05) is 35.7 Å². The number of amides is 1. The smallest absolute Gasteiger partial charge is 0.254 e. The summed E-state index contributed by atoms with van der Waals surface area (Å²) in [7, 11) is 0. The van der Waals surface area contributed by atoms with Crippen LogP contribution >= 0.6 is 0 Å². The van der Waals surface area contributed by atoms with Crippen molar-refractivity contribution >= 4 is 16.9 Å². The van der Waals surface area contributed by atoms with Crippen LogP contribution in [0.1, 0.15) is 27.3 Å². The SMILES string of the molecule is Cc1cc(C)n(-c2cccc(C(=O)N3CCOCC(Cc4cccc5occc45)C3)c2)n1. The summed E-state index contributed by atoms with van der Waals surface area (Å²) < 4.78 is 13.3. The Morgan fingerprint density at radius 2 is 2.00 bits per heavy atom. The van der Waals surface area contributed by atoms with Gasteiger partial charge in [-0.3, -0.25) is 4.79 Å². The summed E-state index contributed by atoms with van der Waals surface area (Å²) in [5.74, 6) is 0.256. The van der Waals surface area contributed by atoms with E-state index in [1.165, 1.54) is 5.56 Å². The Kier molecular flexibility index (Phi) is 5.53. The van der Waals surface area contributed by atoms with Crippen LogP contribution in [-0.4, -0.2) is 46.9 Å². The minimum atomic E-state index is 0.0328. The van der Waals surface area contributed by atoms with Gasteiger partial charge in [0.15, 0.2) is 0 Å². The third kappa shape index (κ3) is 4.06. The van der Waals surface area contributed by atoms with Crippen LogP contribution in [0.5, 0.6) is 0 Å². The second-order valence-corrected chi connectivity index (χ2v) is 8.54. The van der Waals surface area contributed by atoms with Gasteiger partial charge in [0.05, 0.1) is 30.9 Å². The van der Waals surface area contributed by atoms with Gasteiger partial charge in [-0.05, 0) is 62.2 Å². The number of carbonyl (C=O) groups excluding carboxylic acids is 1. The molecule has 32 heavy (non-hydrogen) atoms. The summed E-state index contributed by atoms with van der Waals surface area (Å²) >= 11 is 0. The van der Waals surface area contributed by atoms with E-state index in [-0.39, 0.29) is 11.8 Å². The Hall–Kier alpha value is -3.38. The van der Waals surface area contributed by atoms with Crippen molar-refractivity contribution in [1.29, 1.82) is 0 Å². The number of hydrogen-bond acceptors (Lipinski definition) is 4. The van der Waals surface area contributed by atoms with E-state index < -0.39 is 0 Å². The Labute approximate surface area is 187 Å². The molecule has 5 rings (SSSR count). The van der Waals surface area contributed by atoms with E-state index in [2.05, 4.69) is 11.2 Å². The highest BCUT2D eigenvalue weighted by atomic mass is 16.5. The van der Waals surface area contributed by atoms with Gasteiger partial charge in [0.2, 0.25) is 0 Å². The monoisotopic (exact) mass is 429 g/mol. The Morgan fingerprint density at radius 3 is 2.84 bits per heavy atom. The van der Waals surface area contributed by atoms with Crippen molar-refractivity contribution in [2.24, 2.45) is 5.92 Å². The fourth-order valence-electron chi connectivity index (χ4n) is 4.58. The highest BCUT2D eigenvalue weighted by Crippen LogP contribution is 2.24. The molecule has 1 amide bonds. The number of furan rings is 1.